The van der Waals surface area contributed by atoms with Gasteiger partial charge in [-0.15, -0.1) is 0 Å². The van der Waals surface area contributed by atoms with Gasteiger partial charge in [0.05, 0.1) is 0 Å². The lowest BCUT2D eigenvalue weighted by Gasteiger charge is -2.32. The van der Waals surface area contributed by atoms with E-state index in [1.54, 1.807) is 10.9 Å². The molecule has 0 unspecified atom stereocenters. The molecular weight excluding hydrogens is 530 g/mol. The molecule has 0 spiro atoms. The van der Waals surface area contributed by atoms with Crippen molar-refractivity contribution in [1.82, 2.24) is 0 Å². The molecule has 41 heavy (non-hydrogen) atoms. The van der Waals surface area contributed by atoms with E-state index in [2.05, 4.69) is 147 Å². The lowest BCUT2D eigenvalue weighted by Crippen LogP contribution is -2.24. The molecule has 1 aliphatic carbocycles. The van der Waals surface area contributed by atoms with Crippen LogP contribution in [-0.2, 0) is 0 Å². The normalized spacial score (nSPS) is 14.0. The van der Waals surface area contributed by atoms with Gasteiger partial charge in [0.25, 0.3) is 0 Å². The van der Waals surface area contributed by atoms with Crippen LogP contribution < -0.4 is 21.2 Å². The zero-order valence-corrected chi connectivity index (χ0v) is 28.1. The minimum atomic E-state index is -0.673. The molecule has 0 aliphatic heterocycles. The molecule has 0 saturated carbocycles. The Morgan fingerprint density at radius 2 is 0.756 bits per heavy atom. The first kappa shape index (κ1) is 29.7. The van der Waals surface area contributed by atoms with Crippen molar-refractivity contribution in [2.45, 2.75) is 74.4 Å². The molecule has 0 heterocycles. The van der Waals surface area contributed by atoms with E-state index in [0.717, 1.165) is 6.42 Å². The van der Waals surface area contributed by atoms with Crippen molar-refractivity contribution < 1.29 is 0 Å². The number of allylic oxidation sites excluding steroid dienone is 4. The van der Waals surface area contributed by atoms with Crippen molar-refractivity contribution in [3.63, 3.8) is 0 Å². The van der Waals surface area contributed by atoms with Crippen molar-refractivity contribution >= 4 is 37.1 Å². The third kappa shape index (κ3) is 6.67. The fourth-order valence-electron chi connectivity index (χ4n) is 6.63. The van der Waals surface area contributed by atoms with E-state index in [1.807, 2.05) is 0 Å². The van der Waals surface area contributed by atoms with Gasteiger partial charge in [-0.05, 0) is 110 Å². The highest BCUT2D eigenvalue weighted by Gasteiger charge is 2.32. The third-order valence-electron chi connectivity index (χ3n) is 7.92. The molecule has 0 amide bonds. The van der Waals surface area contributed by atoms with Gasteiger partial charge < -0.3 is 0 Å². The number of benzene rings is 4. The second kappa shape index (κ2) is 12.2. The van der Waals surface area contributed by atoms with Crippen LogP contribution >= 0.6 is 15.8 Å². The van der Waals surface area contributed by atoms with E-state index < -0.39 is 15.8 Å². The molecule has 0 nitrogen and oxygen atoms in total. The SMILES string of the molecule is Cc1cc(C)cc(P(C2=CCC=C2[C@H](C)P(c2cc(C)cc(C)c2)c2cc(C)cc(C)c2)c2cc(C)cc(C)c2)c1. The first-order chi connectivity index (χ1) is 19.5. The maximum Gasteiger partial charge on any atom is 0.00970 e. The molecule has 210 valence electrons. The summed E-state index contributed by atoms with van der Waals surface area (Å²) < 4.78 is 0. The Balaban J connectivity index is 1.67. The third-order valence-corrected chi connectivity index (χ3v) is 13.1. The minimum absolute atomic E-state index is 0.406. The average Bonchev–Trinajstić information content (AvgIpc) is 3.31. The van der Waals surface area contributed by atoms with Gasteiger partial charge in [0.15, 0.2) is 0 Å². The summed E-state index contributed by atoms with van der Waals surface area (Å²) in [5.41, 5.74) is 12.8. The van der Waals surface area contributed by atoms with Crippen LogP contribution in [0.5, 0.6) is 0 Å². The van der Waals surface area contributed by atoms with Crippen molar-refractivity contribution in [3.8, 4) is 0 Å². The first-order valence-corrected chi connectivity index (χ1v) is 17.6. The van der Waals surface area contributed by atoms with Crippen LogP contribution in [0.2, 0.25) is 0 Å². The molecule has 2 heteroatoms. The highest BCUT2D eigenvalue weighted by atomic mass is 31.1. The number of aryl methyl sites for hydroxylation is 8. The Labute approximate surface area is 251 Å². The Morgan fingerprint density at radius 3 is 1.10 bits per heavy atom. The monoisotopic (exact) mass is 574 g/mol. The summed E-state index contributed by atoms with van der Waals surface area (Å²) >= 11 is 0. The summed E-state index contributed by atoms with van der Waals surface area (Å²) in [5.74, 6) is 0. The highest BCUT2D eigenvalue weighted by molar-refractivity contribution is 7.77. The molecule has 0 saturated heterocycles. The predicted octanol–water partition coefficient (Wildman–Crippen LogP) is 9.32. The summed E-state index contributed by atoms with van der Waals surface area (Å²) in [5, 5.41) is 7.48. The zero-order valence-electron chi connectivity index (χ0n) is 26.3. The summed E-state index contributed by atoms with van der Waals surface area (Å²) in [6.45, 7) is 20.5. The molecule has 4 aromatic carbocycles. The van der Waals surface area contributed by atoms with Gasteiger partial charge in [-0.25, -0.2) is 0 Å². The fourth-order valence-corrected chi connectivity index (χ4v) is 12.8. The first-order valence-electron chi connectivity index (χ1n) is 14.8. The number of hydrogen-bond donors (Lipinski definition) is 0. The lowest BCUT2D eigenvalue weighted by atomic mass is 10.1. The molecule has 0 fully saturated rings. The molecule has 0 bridgehead atoms. The maximum atomic E-state index is 2.55. The van der Waals surface area contributed by atoms with Crippen LogP contribution in [0.4, 0.5) is 0 Å². The summed E-state index contributed by atoms with van der Waals surface area (Å²) in [6, 6.07) is 28.8. The van der Waals surface area contributed by atoms with Crippen LogP contribution in [-0.4, -0.2) is 5.66 Å². The van der Waals surface area contributed by atoms with E-state index >= 15 is 0 Å². The van der Waals surface area contributed by atoms with Crippen molar-refractivity contribution in [2.75, 3.05) is 0 Å². The van der Waals surface area contributed by atoms with Gasteiger partial charge >= 0.3 is 0 Å². The second-order valence-electron chi connectivity index (χ2n) is 12.2. The lowest BCUT2D eigenvalue weighted by molar-refractivity contribution is 1.15. The Hall–Kier alpha value is -2.78. The minimum Gasteiger partial charge on any atom is -0.0762 e. The molecule has 0 radical (unpaired) electrons. The van der Waals surface area contributed by atoms with Crippen LogP contribution in [0.25, 0.3) is 0 Å². The second-order valence-corrected chi connectivity index (χ2v) is 17.0. The van der Waals surface area contributed by atoms with Crippen molar-refractivity contribution in [2.24, 2.45) is 0 Å². The molecule has 0 aromatic heterocycles. The highest BCUT2D eigenvalue weighted by Crippen LogP contribution is 2.55. The molecule has 4 aromatic rings. The Bertz CT molecular complexity index is 1490. The molecule has 0 N–H and O–H groups in total. The Morgan fingerprint density at radius 1 is 0.439 bits per heavy atom. The standard InChI is InChI=1S/C39H44P2/c1-25-13-26(2)18-34(17-25)40(35-19-27(3)14-28(4)20-35)33(9)38-11-10-12-39(38)41(36-21-29(5)15-30(6)22-36)37-23-31(7)16-32(8)24-37/h11-24,33H,10H2,1-9H3/t33-/m0/s1. The quantitative estimate of drug-likeness (QED) is 0.193. The summed E-state index contributed by atoms with van der Waals surface area (Å²) in [7, 11) is -1.27. The molecule has 1 aliphatic rings. The van der Waals surface area contributed by atoms with Crippen LogP contribution in [0.3, 0.4) is 0 Å². The van der Waals surface area contributed by atoms with Crippen molar-refractivity contribution in [3.05, 3.63) is 140 Å². The summed E-state index contributed by atoms with van der Waals surface area (Å²) in [6.07, 6.45) is 6.11. The van der Waals surface area contributed by atoms with E-state index in [0.29, 0.717) is 5.66 Å². The summed E-state index contributed by atoms with van der Waals surface area (Å²) in [4.78, 5) is 0. The largest absolute Gasteiger partial charge is 0.0762 e. The topological polar surface area (TPSA) is 0 Å². The van der Waals surface area contributed by atoms with Gasteiger partial charge in [-0.3, -0.25) is 0 Å². The van der Waals surface area contributed by atoms with E-state index in [1.165, 1.54) is 65.7 Å². The van der Waals surface area contributed by atoms with Gasteiger partial charge in [0.1, 0.15) is 0 Å². The van der Waals surface area contributed by atoms with Crippen molar-refractivity contribution in [1.29, 1.82) is 0 Å². The Kier molecular flexibility index (Phi) is 8.85. The van der Waals surface area contributed by atoms with E-state index in [9.17, 15) is 0 Å². The average molecular weight is 575 g/mol. The molecule has 1 atom stereocenters. The zero-order chi connectivity index (χ0) is 29.4. The number of hydrogen-bond acceptors (Lipinski definition) is 0. The molecule has 5 rings (SSSR count). The van der Waals surface area contributed by atoms with Gasteiger partial charge in [-0.2, -0.15) is 0 Å². The van der Waals surface area contributed by atoms with Crippen LogP contribution in [0.1, 0.15) is 57.9 Å². The smallest absolute Gasteiger partial charge is 0.00970 e. The van der Waals surface area contributed by atoms with Crippen LogP contribution in [0, 0.1) is 55.4 Å². The van der Waals surface area contributed by atoms with Gasteiger partial charge in [-0.1, -0.05) is 136 Å². The molecular formula is C39H44P2. The fraction of sp³-hybridized carbons (Fsp3) is 0.282. The number of rotatable bonds is 7. The maximum absolute atomic E-state index is 2.55. The van der Waals surface area contributed by atoms with Crippen LogP contribution in [0.15, 0.2) is 95.8 Å². The predicted molar refractivity (Wildman–Crippen MR) is 186 cm³/mol. The van der Waals surface area contributed by atoms with Gasteiger partial charge in [0, 0.05) is 5.66 Å². The van der Waals surface area contributed by atoms with Gasteiger partial charge in [0.2, 0.25) is 0 Å². The van der Waals surface area contributed by atoms with E-state index in [-0.39, 0.29) is 0 Å². The van der Waals surface area contributed by atoms with E-state index in [4.69, 9.17) is 0 Å².